The topological polar surface area (TPSA) is 72.9 Å². The molecule has 1 heterocycles. The van der Waals surface area contributed by atoms with Crippen LogP contribution >= 0.6 is 0 Å². The maximum absolute atomic E-state index is 12.3. The lowest BCUT2D eigenvalue weighted by atomic mass is 9.98. The van der Waals surface area contributed by atoms with Crippen molar-refractivity contribution >= 4 is 17.3 Å². The molecule has 0 aliphatic carbocycles. The number of aryl methyl sites for hydroxylation is 2. The molecule has 0 aliphatic heterocycles. The second kappa shape index (κ2) is 5.99. The average Bonchev–Trinajstić information content (AvgIpc) is 2.67. The molecule has 21 heavy (non-hydrogen) atoms. The summed E-state index contributed by atoms with van der Waals surface area (Å²) in [7, 11) is 1.92. The number of hydrogen-bond donors (Lipinski definition) is 2. The van der Waals surface area contributed by atoms with E-state index in [-0.39, 0.29) is 11.8 Å². The van der Waals surface area contributed by atoms with Crippen LogP contribution < -0.4 is 11.1 Å². The van der Waals surface area contributed by atoms with Gasteiger partial charge in [-0.15, -0.1) is 0 Å². The Morgan fingerprint density at radius 3 is 2.62 bits per heavy atom. The summed E-state index contributed by atoms with van der Waals surface area (Å²) in [6, 6.07) is 7.28. The van der Waals surface area contributed by atoms with Gasteiger partial charge in [-0.3, -0.25) is 9.48 Å². The summed E-state index contributed by atoms with van der Waals surface area (Å²) in [4.78, 5) is 12.3. The van der Waals surface area contributed by atoms with Gasteiger partial charge in [0.2, 0.25) is 5.91 Å². The summed E-state index contributed by atoms with van der Waals surface area (Å²) in [5.41, 5.74) is 10.3. The van der Waals surface area contributed by atoms with E-state index in [1.54, 1.807) is 12.1 Å². The first kappa shape index (κ1) is 15.1. The van der Waals surface area contributed by atoms with E-state index < -0.39 is 0 Å². The molecule has 0 spiro atoms. The molecule has 5 nitrogen and oxygen atoms in total. The first-order chi connectivity index (χ1) is 9.90. The van der Waals surface area contributed by atoms with Gasteiger partial charge in [-0.05, 0) is 38.0 Å². The van der Waals surface area contributed by atoms with Crippen molar-refractivity contribution in [3.8, 4) is 0 Å². The van der Waals surface area contributed by atoms with Crippen molar-refractivity contribution in [1.82, 2.24) is 9.78 Å². The highest BCUT2D eigenvalue weighted by Gasteiger charge is 2.19. The van der Waals surface area contributed by atoms with Crippen LogP contribution in [0.3, 0.4) is 0 Å². The SMILES string of the molecule is Cc1nn(C)c(C)c1CC(C)C(=O)Nc1ccccc1N. The molecule has 112 valence electrons. The van der Waals surface area contributed by atoms with Crippen LogP contribution in [0.4, 0.5) is 11.4 Å². The third-order valence-corrected chi connectivity index (χ3v) is 3.84. The minimum absolute atomic E-state index is 0.0319. The molecule has 1 aromatic heterocycles. The van der Waals surface area contributed by atoms with Crippen LogP contribution in [-0.2, 0) is 18.3 Å². The lowest BCUT2D eigenvalue weighted by Gasteiger charge is -2.14. The van der Waals surface area contributed by atoms with Crippen LogP contribution in [0.1, 0.15) is 23.9 Å². The van der Waals surface area contributed by atoms with Gasteiger partial charge in [-0.25, -0.2) is 0 Å². The third-order valence-electron chi connectivity index (χ3n) is 3.84. The van der Waals surface area contributed by atoms with E-state index in [1.165, 1.54) is 0 Å². The zero-order valence-electron chi connectivity index (χ0n) is 13.0. The largest absolute Gasteiger partial charge is 0.397 e. The molecule has 2 rings (SSSR count). The van der Waals surface area contributed by atoms with Gasteiger partial charge in [0, 0.05) is 18.7 Å². The molecule has 3 N–H and O–H groups in total. The highest BCUT2D eigenvalue weighted by Crippen LogP contribution is 2.20. The smallest absolute Gasteiger partial charge is 0.227 e. The minimum Gasteiger partial charge on any atom is -0.397 e. The number of amides is 1. The van der Waals surface area contributed by atoms with Crippen LogP contribution in [0.5, 0.6) is 0 Å². The molecule has 2 aromatic rings. The normalized spacial score (nSPS) is 12.2. The summed E-state index contributed by atoms with van der Waals surface area (Å²) in [5.74, 6) is -0.179. The summed E-state index contributed by atoms with van der Waals surface area (Å²) < 4.78 is 1.85. The molecule has 0 fully saturated rings. The van der Waals surface area contributed by atoms with Crippen molar-refractivity contribution < 1.29 is 4.79 Å². The number of nitrogen functional groups attached to an aromatic ring is 1. The number of nitrogens with one attached hydrogen (secondary N) is 1. The Hall–Kier alpha value is -2.30. The molecule has 0 radical (unpaired) electrons. The number of aromatic nitrogens is 2. The van der Waals surface area contributed by atoms with Gasteiger partial charge in [-0.1, -0.05) is 19.1 Å². The number of anilines is 2. The zero-order valence-corrected chi connectivity index (χ0v) is 13.0. The Bertz CT molecular complexity index is 660. The van der Waals surface area contributed by atoms with E-state index in [2.05, 4.69) is 10.4 Å². The Balaban J connectivity index is 2.08. The van der Waals surface area contributed by atoms with E-state index in [4.69, 9.17) is 5.73 Å². The average molecular weight is 286 g/mol. The molecular formula is C16H22N4O. The monoisotopic (exact) mass is 286 g/mol. The maximum Gasteiger partial charge on any atom is 0.227 e. The minimum atomic E-state index is -0.147. The number of carbonyl (C=O) groups excluding carboxylic acids is 1. The highest BCUT2D eigenvalue weighted by atomic mass is 16.1. The van der Waals surface area contributed by atoms with E-state index >= 15 is 0 Å². The summed E-state index contributed by atoms with van der Waals surface area (Å²) in [5, 5.41) is 7.27. The number of para-hydroxylation sites is 2. The molecule has 1 unspecified atom stereocenters. The molecule has 0 saturated heterocycles. The highest BCUT2D eigenvalue weighted by molar-refractivity contribution is 5.95. The number of rotatable bonds is 4. The number of nitrogens with two attached hydrogens (primary N) is 1. The maximum atomic E-state index is 12.3. The van der Waals surface area contributed by atoms with Crippen molar-refractivity contribution in [3.63, 3.8) is 0 Å². The quantitative estimate of drug-likeness (QED) is 0.848. The van der Waals surface area contributed by atoms with Crippen molar-refractivity contribution in [2.75, 3.05) is 11.1 Å². The van der Waals surface area contributed by atoms with Crippen LogP contribution in [0.15, 0.2) is 24.3 Å². The number of carbonyl (C=O) groups is 1. The van der Waals surface area contributed by atoms with Crippen LogP contribution in [-0.4, -0.2) is 15.7 Å². The molecule has 5 heteroatoms. The molecule has 0 aliphatic rings. The number of nitrogens with zero attached hydrogens (tertiary/aromatic N) is 2. The molecule has 1 atom stereocenters. The first-order valence-electron chi connectivity index (χ1n) is 7.04. The van der Waals surface area contributed by atoms with Crippen molar-refractivity contribution in [1.29, 1.82) is 0 Å². The fraction of sp³-hybridized carbons (Fsp3) is 0.375. The lowest BCUT2D eigenvalue weighted by Crippen LogP contribution is -2.23. The Kier molecular flexibility index (Phi) is 4.31. The van der Waals surface area contributed by atoms with Gasteiger partial charge in [0.25, 0.3) is 0 Å². The van der Waals surface area contributed by atoms with Crippen molar-refractivity contribution in [2.24, 2.45) is 13.0 Å². The van der Waals surface area contributed by atoms with Crippen molar-refractivity contribution in [3.05, 3.63) is 41.2 Å². The second-order valence-corrected chi connectivity index (χ2v) is 5.45. The predicted octanol–water partition coefficient (Wildman–Crippen LogP) is 2.44. The van der Waals surface area contributed by atoms with Crippen LogP contribution in [0, 0.1) is 19.8 Å². The first-order valence-corrected chi connectivity index (χ1v) is 7.04. The molecular weight excluding hydrogens is 264 g/mol. The van der Waals surface area contributed by atoms with E-state index in [0.29, 0.717) is 17.8 Å². The number of hydrogen-bond acceptors (Lipinski definition) is 3. The van der Waals surface area contributed by atoms with Gasteiger partial charge in [0.15, 0.2) is 0 Å². The van der Waals surface area contributed by atoms with Gasteiger partial charge in [0.05, 0.1) is 17.1 Å². The fourth-order valence-corrected chi connectivity index (χ4v) is 2.38. The van der Waals surface area contributed by atoms with E-state index in [1.807, 2.05) is 44.6 Å². The second-order valence-electron chi connectivity index (χ2n) is 5.45. The van der Waals surface area contributed by atoms with Gasteiger partial charge >= 0.3 is 0 Å². The van der Waals surface area contributed by atoms with Gasteiger partial charge in [0.1, 0.15) is 0 Å². The third kappa shape index (κ3) is 3.24. The standard InChI is InChI=1S/C16H22N4O/c1-10(9-13-11(2)19-20(4)12(13)3)16(21)18-15-8-6-5-7-14(15)17/h5-8,10H,9,17H2,1-4H3,(H,18,21). The van der Waals surface area contributed by atoms with E-state index in [0.717, 1.165) is 17.0 Å². The van der Waals surface area contributed by atoms with Crippen molar-refractivity contribution in [2.45, 2.75) is 27.2 Å². The summed E-state index contributed by atoms with van der Waals surface area (Å²) in [6.45, 7) is 5.91. The summed E-state index contributed by atoms with van der Waals surface area (Å²) >= 11 is 0. The van der Waals surface area contributed by atoms with Crippen LogP contribution in [0.2, 0.25) is 0 Å². The Morgan fingerprint density at radius 2 is 2.05 bits per heavy atom. The predicted molar refractivity (Wildman–Crippen MR) is 85.0 cm³/mol. The number of benzene rings is 1. The van der Waals surface area contributed by atoms with Gasteiger partial charge in [-0.2, -0.15) is 5.10 Å². The lowest BCUT2D eigenvalue weighted by molar-refractivity contribution is -0.119. The molecule has 0 saturated carbocycles. The van der Waals surface area contributed by atoms with Crippen LogP contribution in [0.25, 0.3) is 0 Å². The Labute approximate surface area is 125 Å². The zero-order chi connectivity index (χ0) is 15.6. The molecule has 1 amide bonds. The van der Waals surface area contributed by atoms with Gasteiger partial charge < -0.3 is 11.1 Å². The summed E-state index contributed by atoms with van der Waals surface area (Å²) in [6.07, 6.45) is 0.671. The molecule has 0 bridgehead atoms. The van der Waals surface area contributed by atoms with E-state index in [9.17, 15) is 4.79 Å². The molecule has 1 aromatic carbocycles. The Morgan fingerprint density at radius 1 is 1.38 bits per heavy atom. The fourth-order valence-electron chi connectivity index (χ4n) is 2.38.